The number of nitrogens with one attached hydrogen (secondary N) is 1. The van der Waals surface area contributed by atoms with E-state index in [1.54, 1.807) is 36.1 Å². The maximum absolute atomic E-state index is 12.8. The molecule has 2 N–H and O–H groups in total. The molecule has 9 nitrogen and oxygen atoms in total. The lowest BCUT2D eigenvalue weighted by Gasteiger charge is -2.33. The van der Waals surface area contributed by atoms with Crippen molar-refractivity contribution in [2.24, 2.45) is 0 Å². The van der Waals surface area contributed by atoms with Gasteiger partial charge in [-0.25, -0.2) is 9.48 Å². The van der Waals surface area contributed by atoms with Crippen molar-refractivity contribution >= 4 is 17.8 Å². The number of ether oxygens (including phenoxy) is 1. The van der Waals surface area contributed by atoms with Crippen molar-refractivity contribution in [1.82, 2.24) is 20.0 Å². The summed E-state index contributed by atoms with van der Waals surface area (Å²) in [6.45, 7) is 4.78. The molecule has 3 rings (SSSR count). The van der Waals surface area contributed by atoms with E-state index >= 15 is 0 Å². The SMILES string of the molecule is CC(=O)NC[C@H]1CN(C(=O)c2ccc(-n3ncc(C(=O)O)c3C)cc2)CCO1. The number of carboxylic acids is 1. The molecular formula is C19H22N4O5. The number of morpholine rings is 1. The molecule has 0 saturated carbocycles. The van der Waals surface area contributed by atoms with Crippen LogP contribution in [-0.4, -0.2) is 69.9 Å². The average molecular weight is 386 g/mol. The predicted octanol–water partition coefficient (Wildman–Crippen LogP) is 0.856. The lowest BCUT2D eigenvalue weighted by Crippen LogP contribution is -2.49. The largest absolute Gasteiger partial charge is 0.478 e. The fourth-order valence-corrected chi connectivity index (χ4v) is 3.09. The van der Waals surface area contributed by atoms with Crippen molar-refractivity contribution in [2.45, 2.75) is 20.0 Å². The van der Waals surface area contributed by atoms with Crippen LogP contribution in [0.25, 0.3) is 5.69 Å². The zero-order valence-electron chi connectivity index (χ0n) is 15.7. The molecule has 0 spiro atoms. The Balaban J connectivity index is 1.70. The Morgan fingerprint density at radius 3 is 2.61 bits per heavy atom. The number of carbonyl (C=O) groups is 3. The number of carbonyl (C=O) groups excluding carboxylic acids is 2. The normalized spacial score (nSPS) is 16.6. The van der Waals surface area contributed by atoms with Gasteiger partial charge in [0.15, 0.2) is 0 Å². The molecule has 9 heteroatoms. The topological polar surface area (TPSA) is 114 Å². The molecule has 2 aromatic rings. The third-order valence-corrected chi connectivity index (χ3v) is 4.60. The zero-order chi connectivity index (χ0) is 20.3. The number of hydrogen-bond donors (Lipinski definition) is 2. The van der Waals surface area contributed by atoms with Gasteiger partial charge >= 0.3 is 5.97 Å². The molecule has 1 aliphatic rings. The van der Waals surface area contributed by atoms with Gasteiger partial charge in [0.2, 0.25) is 5.91 Å². The van der Waals surface area contributed by atoms with Gasteiger partial charge in [0.25, 0.3) is 5.91 Å². The van der Waals surface area contributed by atoms with Crippen LogP contribution in [0.3, 0.4) is 0 Å². The van der Waals surface area contributed by atoms with E-state index in [1.165, 1.54) is 17.8 Å². The molecule has 1 saturated heterocycles. The van der Waals surface area contributed by atoms with Crippen LogP contribution < -0.4 is 5.32 Å². The first-order valence-corrected chi connectivity index (χ1v) is 8.90. The van der Waals surface area contributed by atoms with Crippen LogP contribution in [0.15, 0.2) is 30.5 Å². The zero-order valence-corrected chi connectivity index (χ0v) is 15.7. The van der Waals surface area contributed by atoms with Crippen LogP contribution in [0.1, 0.15) is 33.3 Å². The van der Waals surface area contributed by atoms with Gasteiger partial charge in [-0.1, -0.05) is 0 Å². The van der Waals surface area contributed by atoms with E-state index in [9.17, 15) is 14.4 Å². The molecule has 1 aliphatic heterocycles. The third kappa shape index (κ3) is 4.20. The van der Waals surface area contributed by atoms with Crippen LogP contribution in [0, 0.1) is 6.92 Å². The summed E-state index contributed by atoms with van der Waals surface area (Å²) in [5, 5.41) is 15.9. The Labute approximate surface area is 161 Å². The van der Waals surface area contributed by atoms with Crippen LogP contribution >= 0.6 is 0 Å². The van der Waals surface area contributed by atoms with Crippen molar-refractivity contribution < 1.29 is 24.2 Å². The van der Waals surface area contributed by atoms with Crippen molar-refractivity contribution in [3.63, 3.8) is 0 Å². The second-order valence-corrected chi connectivity index (χ2v) is 6.59. The fourth-order valence-electron chi connectivity index (χ4n) is 3.09. The molecule has 28 heavy (non-hydrogen) atoms. The number of benzene rings is 1. The third-order valence-electron chi connectivity index (χ3n) is 4.60. The maximum atomic E-state index is 12.8. The minimum atomic E-state index is -1.03. The van der Waals surface area contributed by atoms with E-state index in [1.807, 2.05) is 0 Å². The van der Waals surface area contributed by atoms with Gasteiger partial charge in [-0.05, 0) is 31.2 Å². The molecule has 1 atom stereocenters. The first-order chi connectivity index (χ1) is 13.4. The molecule has 0 radical (unpaired) electrons. The maximum Gasteiger partial charge on any atom is 0.339 e. The Morgan fingerprint density at radius 1 is 1.29 bits per heavy atom. The number of aromatic nitrogens is 2. The summed E-state index contributed by atoms with van der Waals surface area (Å²) >= 11 is 0. The number of amides is 2. The van der Waals surface area contributed by atoms with Gasteiger partial charge in [0.1, 0.15) is 5.56 Å². The number of aromatic carboxylic acids is 1. The first-order valence-electron chi connectivity index (χ1n) is 8.90. The van der Waals surface area contributed by atoms with Gasteiger partial charge in [-0.2, -0.15) is 5.10 Å². The lowest BCUT2D eigenvalue weighted by atomic mass is 10.1. The quantitative estimate of drug-likeness (QED) is 0.788. The molecule has 0 aliphatic carbocycles. The minimum Gasteiger partial charge on any atom is -0.478 e. The first kappa shape index (κ1) is 19.6. The van der Waals surface area contributed by atoms with E-state index in [0.717, 1.165) is 0 Å². The second-order valence-electron chi connectivity index (χ2n) is 6.59. The van der Waals surface area contributed by atoms with Crippen molar-refractivity contribution in [2.75, 3.05) is 26.2 Å². The monoisotopic (exact) mass is 386 g/mol. The fraction of sp³-hybridized carbons (Fsp3) is 0.368. The summed E-state index contributed by atoms with van der Waals surface area (Å²) in [5.41, 5.74) is 1.85. The molecule has 2 amide bonds. The molecule has 2 heterocycles. The lowest BCUT2D eigenvalue weighted by molar-refractivity contribution is -0.120. The summed E-state index contributed by atoms with van der Waals surface area (Å²) < 4.78 is 7.11. The highest BCUT2D eigenvalue weighted by Crippen LogP contribution is 2.17. The molecule has 1 aromatic carbocycles. The van der Waals surface area contributed by atoms with E-state index in [4.69, 9.17) is 9.84 Å². The number of hydrogen-bond acceptors (Lipinski definition) is 5. The minimum absolute atomic E-state index is 0.119. The molecule has 0 bridgehead atoms. The molecule has 0 unspecified atom stereocenters. The summed E-state index contributed by atoms with van der Waals surface area (Å²) in [4.78, 5) is 36.7. The van der Waals surface area contributed by atoms with E-state index in [0.29, 0.717) is 43.2 Å². The number of nitrogens with zero attached hydrogens (tertiary/aromatic N) is 3. The highest BCUT2D eigenvalue weighted by Gasteiger charge is 2.25. The number of carboxylic acid groups (broad SMARTS) is 1. The van der Waals surface area contributed by atoms with Crippen LogP contribution in [-0.2, 0) is 9.53 Å². The smallest absolute Gasteiger partial charge is 0.339 e. The van der Waals surface area contributed by atoms with Crippen LogP contribution in [0.5, 0.6) is 0 Å². The predicted molar refractivity (Wildman–Crippen MR) is 99.6 cm³/mol. The van der Waals surface area contributed by atoms with Gasteiger partial charge in [-0.15, -0.1) is 0 Å². The van der Waals surface area contributed by atoms with Crippen LogP contribution in [0.4, 0.5) is 0 Å². The number of rotatable bonds is 5. The van der Waals surface area contributed by atoms with Gasteiger partial charge in [0.05, 0.1) is 30.3 Å². The highest BCUT2D eigenvalue weighted by atomic mass is 16.5. The molecule has 148 valence electrons. The standard InChI is InChI=1S/C19H22N4O5/c1-12-17(19(26)27)10-21-23(12)15-5-3-14(4-6-15)18(25)22-7-8-28-16(11-22)9-20-13(2)24/h3-6,10,16H,7-9,11H2,1-2H3,(H,20,24)(H,26,27)/t16-/m0/s1. The highest BCUT2D eigenvalue weighted by molar-refractivity contribution is 5.94. The van der Waals surface area contributed by atoms with Crippen molar-refractivity contribution in [1.29, 1.82) is 0 Å². The Bertz CT molecular complexity index is 890. The Kier molecular flexibility index (Phi) is 5.74. The summed E-state index contributed by atoms with van der Waals surface area (Å²) in [6, 6.07) is 6.84. The van der Waals surface area contributed by atoms with Crippen molar-refractivity contribution in [3.8, 4) is 5.69 Å². The van der Waals surface area contributed by atoms with Gasteiger partial charge in [-0.3, -0.25) is 9.59 Å². The second kappa shape index (κ2) is 8.22. The summed E-state index contributed by atoms with van der Waals surface area (Å²) in [7, 11) is 0. The van der Waals surface area contributed by atoms with E-state index < -0.39 is 5.97 Å². The van der Waals surface area contributed by atoms with Gasteiger partial charge < -0.3 is 20.1 Å². The van der Waals surface area contributed by atoms with Gasteiger partial charge in [0, 0.05) is 32.1 Å². The molecule has 1 fully saturated rings. The molecule has 1 aromatic heterocycles. The Hall–Kier alpha value is -3.20. The molecular weight excluding hydrogens is 364 g/mol. The van der Waals surface area contributed by atoms with Crippen LogP contribution in [0.2, 0.25) is 0 Å². The van der Waals surface area contributed by atoms with E-state index in [2.05, 4.69) is 10.4 Å². The summed E-state index contributed by atoms with van der Waals surface area (Å²) in [6.07, 6.45) is 1.07. The summed E-state index contributed by atoms with van der Waals surface area (Å²) in [5.74, 6) is -1.29. The van der Waals surface area contributed by atoms with Crippen molar-refractivity contribution in [3.05, 3.63) is 47.3 Å². The Morgan fingerprint density at radius 2 is 2.00 bits per heavy atom. The van der Waals surface area contributed by atoms with E-state index in [-0.39, 0.29) is 23.5 Å². The average Bonchev–Trinajstić information content (AvgIpc) is 3.08.